The van der Waals surface area contributed by atoms with Crippen LogP contribution in [0.5, 0.6) is 0 Å². The smallest absolute Gasteiger partial charge is 0.218 e. The Hall–Kier alpha value is -5.84. The number of thiophene rings is 1. The summed E-state index contributed by atoms with van der Waals surface area (Å²) in [6, 6.07) is 48.2. The summed E-state index contributed by atoms with van der Waals surface area (Å²) in [4.78, 5) is 0. The van der Waals surface area contributed by atoms with E-state index in [1.54, 1.807) is 0 Å². The molecule has 7 heterocycles. The van der Waals surface area contributed by atoms with Gasteiger partial charge in [-0.05, 0) is 79.1 Å². The van der Waals surface area contributed by atoms with Gasteiger partial charge in [-0.25, -0.2) is 0 Å². The van der Waals surface area contributed by atoms with Crippen molar-refractivity contribution in [2.24, 2.45) is 0 Å². The quantitative estimate of drug-likeness (QED) is 0.142. The van der Waals surface area contributed by atoms with Crippen LogP contribution in [0.25, 0.3) is 86.5 Å². The first kappa shape index (κ1) is 27.9. The molecular weight excluding hydrogens is 639 g/mol. The van der Waals surface area contributed by atoms with Gasteiger partial charge in [0, 0.05) is 77.5 Å². The van der Waals surface area contributed by atoms with Crippen molar-refractivity contribution in [1.82, 2.24) is 4.40 Å². The van der Waals surface area contributed by atoms with Crippen molar-refractivity contribution in [3.8, 4) is 22.5 Å². The molecule has 12 rings (SSSR count). The van der Waals surface area contributed by atoms with Crippen molar-refractivity contribution >= 4 is 75.3 Å². The average Bonchev–Trinajstić information content (AvgIpc) is 3.82. The van der Waals surface area contributed by atoms with E-state index in [1.807, 2.05) is 11.3 Å². The minimum Gasteiger partial charge on any atom is -0.308 e. The third-order valence-electron chi connectivity index (χ3n) is 12.0. The van der Waals surface area contributed by atoms with E-state index < -0.39 is 0 Å². The molecule has 0 saturated heterocycles. The van der Waals surface area contributed by atoms with Gasteiger partial charge < -0.3 is 4.40 Å². The van der Waals surface area contributed by atoms with E-state index in [4.69, 9.17) is 6.58 Å². The first-order chi connectivity index (χ1) is 25.2. The summed E-state index contributed by atoms with van der Waals surface area (Å²) in [7, 11) is 0. The normalized spacial score (nSPS) is 17.2. The van der Waals surface area contributed by atoms with E-state index in [2.05, 4.69) is 153 Å². The van der Waals surface area contributed by atoms with Crippen LogP contribution in [0, 0.1) is 0 Å². The van der Waals surface area contributed by atoms with Crippen LogP contribution in [0.4, 0.5) is 0 Å². The molecule has 2 aliphatic heterocycles. The van der Waals surface area contributed by atoms with Gasteiger partial charge >= 0.3 is 0 Å². The lowest BCUT2D eigenvalue weighted by Gasteiger charge is -2.31. The molecule has 0 radical (unpaired) electrons. The lowest BCUT2D eigenvalue weighted by atomic mass is 9.77. The maximum absolute atomic E-state index is 4.75. The number of aromatic nitrogens is 3. The number of allylic oxidation sites excluding steroid dienone is 1. The first-order valence-electron chi connectivity index (χ1n) is 18.1. The van der Waals surface area contributed by atoms with Crippen molar-refractivity contribution in [3.05, 3.63) is 157 Å². The van der Waals surface area contributed by atoms with Gasteiger partial charge in [-0.1, -0.05) is 54.6 Å². The maximum atomic E-state index is 4.75. The highest BCUT2D eigenvalue weighted by atomic mass is 32.1. The number of pyridine rings is 2. The Labute approximate surface area is 298 Å². The number of hydrogen-bond donors (Lipinski definition) is 0. The zero-order chi connectivity index (χ0) is 33.4. The molecule has 5 aromatic carbocycles. The van der Waals surface area contributed by atoms with Crippen LogP contribution in [0.15, 0.2) is 146 Å². The zero-order valence-corrected chi connectivity index (χ0v) is 28.8. The Morgan fingerprint density at radius 2 is 1.35 bits per heavy atom. The number of benzene rings is 5. The fraction of sp³-hybridized carbons (Fsp3) is 0.106. The standard InChI is InChI=1S/C47H33N3S/c1-28-23-42-31(20-19-29-11-2-3-12-30(29)40-16-6-8-21-48(28)40)35-25-43-36(24-37(35)41-17-7-9-22-49(41)42)33-14-10-15-34-38-27-46-39(26-44(38)50(43)47(33)34)32-13-4-5-18-45(32)51-46/h2-18,21-22,24-27,31,42H,1,19-20,23H2/q+2. The summed E-state index contributed by atoms with van der Waals surface area (Å²) in [5.74, 6) is 0.314. The van der Waals surface area contributed by atoms with Gasteiger partial charge in [0.1, 0.15) is 0 Å². The monoisotopic (exact) mass is 671 g/mol. The molecule has 0 saturated carbocycles. The molecule has 4 heteroatoms. The lowest BCUT2D eigenvalue weighted by Crippen LogP contribution is -2.49. The second kappa shape index (κ2) is 10.1. The van der Waals surface area contributed by atoms with Crippen molar-refractivity contribution in [3.63, 3.8) is 0 Å². The Morgan fingerprint density at radius 1 is 0.608 bits per heavy atom. The van der Waals surface area contributed by atoms with Crippen molar-refractivity contribution < 1.29 is 9.13 Å². The van der Waals surface area contributed by atoms with Crippen LogP contribution >= 0.6 is 11.3 Å². The molecule has 5 aromatic heterocycles. The summed E-state index contributed by atoms with van der Waals surface area (Å²) < 4.78 is 10.2. The van der Waals surface area contributed by atoms with Gasteiger partial charge in [0.25, 0.3) is 0 Å². The molecule has 240 valence electrons. The number of rotatable bonds is 0. The topological polar surface area (TPSA) is 12.2 Å². The Balaban J connectivity index is 1.15. The van der Waals surface area contributed by atoms with E-state index >= 15 is 0 Å². The second-order valence-electron chi connectivity index (χ2n) is 14.5. The van der Waals surface area contributed by atoms with Gasteiger partial charge in [-0.3, -0.25) is 0 Å². The average molecular weight is 672 g/mol. The molecule has 0 amide bonds. The SMILES string of the molecule is C=C1CC2C(CCc3ccccc3-c3cccc[n+]31)c1cc3c(cc1-c1cccc[n+]12)c1cccc2c4cc5sc6ccccc6c5cc4n3c12. The summed E-state index contributed by atoms with van der Waals surface area (Å²) in [6.45, 7) is 4.75. The molecule has 0 bridgehead atoms. The van der Waals surface area contributed by atoms with Gasteiger partial charge in [-0.15, -0.1) is 11.3 Å². The van der Waals surface area contributed by atoms with Gasteiger partial charge in [0.2, 0.25) is 11.4 Å². The van der Waals surface area contributed by atoms with Crippen LogP contribution in [0.1, 0.15) is 35.9 Å². The van der Waals surface area contributed by atoms with Crippen LogP contribution in [0.3, 0.4) is 0 Å². The molecule has 2 unspecified atom stereocenters. The fourth-order valence-electron chi connectivity index (χ4n) is 9.82. The van der Waals surface area contributed by atoms with Crippen LogP contribution < -0.4 is 9.13 Å². The minimum atomic E-state index is 0.243. The number of para-hydroxylation sites is 1. The summed E-state index contributed by atoms with van der Waals surface area (Å²) in [5, 5.41) is 8.04. The highest BCUT2D eigenvalue weighted by Crippen LogP contribution is 2.49. The molecule has 0 N–H and O–H groups in total. The molecule has 0 fully saturated rings. The summed E-state index contributed by atoms with van der Waals surface area (Å²) in [5.41, 5.74) is 13.1. The van der Waals surface area contributed by atoms with Gasteiger partial charge in [-0.2, -0.15) is 9.13 Å². The Morgan fingerprint density at radius 3 is 2.27 bits per heavy atom. The molecule has 51 heavy (non-hydrogen) atoms. The third-order valence-corrected chi connectivity index (χ3v) is 13.2. The predicted octanol–water partition coefficient (Wildman–Crippen LogP) is 11.3. The molecule has 3 nitrogen and oxygen atoms in total. The number of fused-ring (bicyclic) bond motifs is 18. The predicted molar refractivity (Wildman–Crippen MR) is 212 cm³/mol. The Kier molecular flexibility index (Phi) is 5.54. The van der Waals surface area contributed by atoms with Crippen molar-refractivity contribution in [1.29, 1.82) is 0 Å². The van der Waals surface area contributed by atoms with E-state index in [1.165, 1.54) is 91.9 Å². The number of nitrogens with zero attached hydrogens (tertiary/aromatic N) is 3. The molecule has 10 aromatic rings. The molecule has 0 spiro atoms. The molecular formula is C47H33N3S+2. The van der Waals surface area contributed by atoms with Crippen LogP contribution in [0.2, 0.25) is 0 Å². The molecule has 0 aliphatic carbocycles. The maximum Gasteiger partial charge on any atom is 0.218 e. The number of aryl methyl sites for hydroxylation is 1. The molecule has 2 atom stereocenters. The van der Waals surface area contributed by atoms with Crippen LogP contribution in [-0.4, -0.2) is 4.40 Å². The Bertz CT molecular complexity index is 3110. The van der Waals surface area contributed by atoms with Crippen molar-refractivity contribution in [2.45, 2.75) is 31.2 Å². The first-order valence-corrected chi connectivity index (χ1v) is 18.9. The number of hydrogen-bond acceptors (Lipinski definition) is 1. The second-order valence-corrected chi connectivity index (χ2v) is 15.6. The third kappa shape index (κ3) is 3.73. The highest BCUT2D eigenvalue weighted by Gasteiger charge is 2.43. The summed E-state index contributed by atoms with van der Waals surface area (Å²) in [6.07, 6.45) is 7.44. The fourth-order valence-corrected chi connectivity index (χ4v) is 11.0. The van der Waals surface area contributed by atoms with Gasteiger partial charge in [0.15, 0.2) is 24.1 Å². The van der Waals surface area contributed by atoms with E-state index in [9.17, 15) is 0 Å². The highest BCUT2D eigenvalue weighted by molar-refractivity contribution is 7.25. The molecule has 2 aliphatic rings. The largest absolute Gasteiger partial charge is 0.308 e. The van der Waals surface area contributed by atoms with E-state index in [0.717, 1.165) is 25.0 Å². The van der Waals surface area contributed by atoms with Crippen molar-refractivity contribution in [2.75, 3.05) is 0 Å². The summed E-state index contributed by atoms with van der Waals surface area (Å²) >= 11 is 1.90. The minimum absolute atomic E-state index is 0.243. The van der Waals surface area contributed by atoms with Gasteiger partial charge in [0.05, 0.1) is 28.5 Å². The lowest BCUT2D eigenvalue weighted by molar-refractivity contribution is -0.720. The zero-order valence-electron chi connectivity index (χ0n) is 28.0. The van der Waals surface area contributed by atoms with E-state index in [-0.39, 0.29) is 6.04 Å². The van der Waals surface area contributed by atoms with Crippen LogP contribution in [-0.2, 0) is 6.42 Å². The van der Waals surface area contributed by atoms with E-state index in [0.29, 0.717) is 5.92 Å².